The summed E-state index contributed by atoms with van der Waals surface area (Å²) in [5.41, 5.74) is 0.597. The number of aliphatic carboxylic acids is 1. The van der Waals surface area contributed by atoms with Crippen LogP contribution in [0, 0.1) is 0 Å². The van der Waals surface area contributed by atoms with Gasteiger partial charge in [-0.3, -0.25) is 4.79 Å². The molecule has 0 aromatic heterocycles. The molecule has 0 aliphatic carbocycles. The Kier molecular flexibility index (Phi) is 6.30. The molecule has 1 rings (SSSR count). The molecule has 0 bridgehead atoms. The maximum Gasteiger partial charge on any atom is 0.323 e. The van der Waals surface area contributed by atoms with E-state index in [9.17, 15) is 9.59 Å². The van der Waals surface area contributed by atoms with Crippen molar-refractivity contribution >= 4 is 49.5 Å². The van der Waals surface area contributed by atoms with E-state index in [0.717, 1.165) is 8.95 Å². The van der Waals surface area contributed by atoms with E-state index in [-0.39, 0.29) is 6.54 Å². The van der Waals surface area contributed by atoms with Gasteiger partial charge in [0.15, 0.2) is 0 Å². The van der Waals surface area contributed by atoms with Crippen molar-refractivity contribution in [2.75, 3.05) is 18.4 Å². The quantitative estimate of drug-likeness (QED) is 0.803. The van der Waals surface area contributed by atoms with Crippen LogP contribution in [0.3, 0.4) is 0 Å². The number of halogens is 2. The topological polar surface area (TPSA) is 69.6 Å². The molecule has 0 spiro atoms. The molecule has 104 valence electrons. The van der Waals surface area contributed by atoms with E-state index in [1.165, 1.54) is 4.90 Å². The number of urea groups is 1. The lowest BCUT2D eigenvalue weighted by Gasteiger charge is -2.20. The molecule has 19 heavy (non-hydrogen) atoms. The molecule has 1 aromatic carbocycles. The van der Waals surface area contributed by atoms with Crippen molar-refractivity contribution in [2.45, 2.75) is 13.3 Å². The fourth-order valence-electron chi connectivity index (χ4n) is 1.47. The van der Waals surface area contributed by atoms with E-state index < -0.39 is 12.0 Å². The zero-order chi connectivity index (χ0) is 14.4. The molecule has 0 saturated carbocycles. The van der Waals surface area contributed by atoms with Crippen LogP contribution in [0.5, 0.6) is 0 Å². The first-order valence-electron chi connectivity index (χ1n) is 5.66. The SMILES string of the molecule is CCCN(CC(=O)O)C(=O)Nc1ccc(Br)cc1Br. The van der Waals surface area contributed by atoms with Gasteiger partial charge in [0.25, 0.3) is 0 Å². The maximum absolute atomic E-state index is 12.0. The van der Waals surface area contributed by atoms with Gasteiger partial charge in [-0.05, 0) is 40.5 Å². The molecular weight excluding hydrogens is 380 g/mol. The number of carbonyl (C=O) groups is 2. The fourth-order valence-corrected chi connectivity index (χ4v) is 2.62. The number of carboxylic acid groups (broad SMARTS) is 1. The standard InChI is InChI=1S/C12H14Br2N2O3/c1-2-5-16(7-11(17)18)12(19)15-10-4-3-8(13)6-9(10)14/h3-4,6H,2,5,7H2,1H3,(H,15,19)(H,17,18). The first-order valence-corrected chi connectivity index (χ1v) is 7.25. The molecule has 0 fully saturated rings. The largest absolute Gasteiger partial charge is 0.480 e. The Balaban J connectivity index is 2.77. The van der Waals surface area contributed by atoms with Gasteiger partial charge in [0.05, 0.1) is 5.69 Å². The third-order valence-electron chi connectivity index (χ3n) is 2.28. The van der Waals surface area contributed by atoms with E-state index in [1.807, 2.05) is 6.92 Å². The lowest BCUT2D eigenvalue weighted by Crippen LogP contribution is -2.39. The first kappa shape index (κ1) is 16.0. The highest BCUT2D eigenvalue weighted by molar-refractivity contribution is 9.11. The van der Waals surface area contributed by atoms with Gasteiger partial charge in [-0.2, -0.15) is 0 Å². The highest BCUT2D eigenvalue weighted by Gasteiger charge is 2.16. The highest BCUT2D eigenvalue weighted by Crippen LogP contribution is 2.26. The van der Waals surface area contributed by atoms with Gasteiger partial charge in [0, 0.05) is 15.5 Å². The molecule has 1 aromatic rings. The van der Waals surface area contributed by atoms with Crippen LogP contribution < -0.4 is 5.32 Å². The Morgan fingerprint density at radius 3 is 2.58 bits per heavy atom. The lowest BCUT2D eigenvalue weighted by atomic mass is 10.3. The van der Waals surface area contributed by atoms with E-state index in [1.54, 1.807) is 18.2 Å². The minimum atomic E-state index is -1.03. The molecule has 0 saturated heterocycles. The number of nitrogens with zero attached hydrogens (tertiary/aromatic N) is 1. The van der Waals surface area contributed by atoms with Crippen LogP contribution in [0.4, 0.5) is 10.5 Å². The first-order chi connectivity index (χ1) is 8.93. The number of nitrogens with one attached hydrogen (secondary N) is 1. The van der Waals surface area contributed by atoms with Gasteiger partial charge in [-0.15, -0.1) is 0 Å². The normalized spacial score (nSPS) is 10.1. The number of hydrogen-bond acceptors (Lipinski definition) is 2. The number of hydrogen-bond donors (Lipinski definition) is 2. The summed E-state index contributed by atoms with van der Waals surface area (Å²) in [7, 11) is 0. The van der Waals surface area contributed by atoms with Crippen molar-refractivity contribution in [1.29, 1.82) is 0 Å². The van der Waals surface area contributed by atoms with Gasteiger partial charge in [0.2, 0.25) is 0 Å². The summed E-state index contributed by atoms with van der Waals surface area (Å²) in [5.74, 6) is -1.03. The zero-order valence-electron chi connectivity index (χ0n) is 10.3. The molecule has 0 radical (unpaired) electrons. The smallest absolute Gasteiger partial charge is 0.323 e. The Morgan fingerprint density at radius 2 is 2.05 bits per heavy atom. The second-order valence-electron chi connectivity index (χ2n) is 3.87. The summed E-state index contributed by atoms with van der Waals surface area (Å²) in [6.07, 6.45) is 0.697. The third-order valence-corrected chi connectivity index (χ3v) is 3.43. The lowest BCUT2D eigenvalue weighted by molar-refractivity contribution is -0.137. The average Bonchev–Trinajstić information content (AvgIpc) is 2.31. The van der Waals surface area contributed by atoms with Gasteiger partial charge in [-0.25, -0.2) is 4.79 Å². The van der Waals surface area contributed by atoms with Gasteiger partial charge >= 0.3 is 12.0 Å². The van der Waals surface area contributed by atoms with E-state index in [4.69, 9.17) is 5.11 Å². The van der Waals surface area contributed by atoms with Crippen LogP contribution in [0.15, 0.2) is 27.1 Å². The molecule has 0 unspecified atom stereocenters. The summed E-state index contributed by atoms with van der Waals surface area (Å²) in [5, 5.41) is 11.5. The summed E-state index contributed by atoms with van der Waals surface area (Å²) in [4.78, 5) is 24.0. The minimum absolute atomic E-state index is 0.312. The van der Waals surface area contributed by atoms with Crippen molar-refractivity contribution in [3.8, 4) is 0 Å². The zero-order valence-corrected chi connectivity index (χ0v) is 13.5. The van der Waals surface area contributed by atoms with E-state index in [0.29, 0.717) is 18.7 Å². The fraction of sp³-hybridized carbons (Fsp3) is 0.333. The molecule has 0 heterocycles. The predicted molar refractivity (Wildman–Crippen MR) is 80.4 cm³/mol. The number of carboxylic acids is 1. The van der Waals surface area contributed by atoms with Gasteiger partial charge < -0.3 is 15.3 Å². The van der Waals surface area contributed by atoms with Crippen LogP contribution in [0.25, 0.3) is 0 Å². The Hall–Kier alpha value is -1.08. The molecular formula is C12H14Br2N2O3. The Labute approximate surface area is 128 Å². The summed E-state index contributed by atoms with van der Waals surface area (Å²) in [6.45, 7) is 1.97. The van der Waals surface area contributed by atoms with Gasteiger partial charge in [0.1, 0.15) is 6.54 Å². The van der Waals surface area contributed by atoms with E-state index in [2.05, 4.69) is 37.2 Å². The van der Waals surface area contributed by atoms with Crippen LogP contribution in [-0.2, 0) is 4.79 Å². The van der Waals surface area contributed by atoms with Crippen LogP contribution in [-0.4, -0.2) is 35.1 Å². The highest BCUT2D eigenvalue weighted by atomic mass is 79.9. The molecule has 0 aliphatic heterocycles. The van der Waals surface area contributed by atoms with Crippen molar-refractivity contribution in [1.82, 2.24) is 4.90 Å². The average molecular weight is 394 g/mol. The molecule has 2 N–H and O–H groups in total. The van der Waals surface area contributed by atoms with Crippen molar-refractivity contribution in [2.24, 2.45) is 0 Å². The number of rotatable bonds is 5. The van der Waals surface area contributed by atoms with Crippen molar-refractivity contribution in [3.05, 3.63) is 27.1 Å². The summed E-state index contributed by atoms with van der Waals surface area (Å²) >= 11 is 6.65. The predicted octanol–water partition coefficient (Wildman–Crippen LogP) is 3.54. The molecule has 7 heteroatoms. The van der Waals surface area contributed by atoms with Gasteiger partial charge in [-0.1, -0.05) is 22.9 Å². The molecule has 2 amide bonds. The van der Waals surface area contributed by atoms with Crippen molar-refractivity contribution in [3.63, 3.8) is 0 Å². The number of benzene rings is 1. The monoisotopic (exact) mass is 392 g/mol. The Bertz CT molecular complexity index is 480. The van der Waals surface area contributed by atoms with Crippen molar-refractivity contribution < 1.29 is 14.7 Å². The number of anilines is 1. The minimum Gasteiger partial charge on any atom is -0.480 e. The summed E-state index contributed by atoms with van der Waals surface area (Å²) < 4.78 is 1.61. The number of amides is 2. The second-order valence-corrected chi connectivity index (χ2v) is 5.64. The number of carbonyl (C=O) groups excluding carboxylic acids is 1. The van der Waals surface area contributed by atoms with Crippen LogP contribution in [0.2, 0.25) is 0 Å². The maximum atomic E-state index is 12.0. The summed E-state index contributed by atoms with van der Waals surface area (Å²) in [6, 6.07) is 4.91. The Morgan fingerprint density at radius 1 is 1.37 bits per heavy atom. The third kappa shape index (κ3) is 5.20. The molecule has 0 atom stereocenters. The molecule has 0 aliphatic rings. The second kappa shape index (κ2) is 7.49. The van der Waals surface area contributed by atoms with E-state index >= 15 is 0 Å². The van der Waals surface area contributed by atoms with Crippen LogP contribution in [0.1, 0.15) is 13.3 Å². The van der Waals surface area contributed by atoms with Crippen LogP contribution >= 0.6 is 31.9 Å². The molecule has 5 nitrogen and oxygen atoms in total.